The van der Waals surface area contributed by atoms with Crippen molar-refractivity contribution in [1.29, 1.82) is 0 Å². The van der Waals surface area contributed by atoms with Gasteiger partial charge in [0.15, 0.2) is 0 Å². The molecule has 1 rings (SSSR count). The monoisotopic (exact) mass is 248 g/mol. The van der Waals surface area contributed by atoms with Gasteiger partial charge in [0, 0.05) is 6.42 Å². The first kappa shape index (κ1) is 14.7. The third kappa shape index (κ3) is 6.43. The van der Waals surface area contributed by atoms with Gasteiger partial charge in [0.25, 0.3) is 0 Å². The molecule has 1 aromatic rings. The summed E-state index contributed by atoms with van der Waals surface area (Å²) in [4.78, 5) is 11.6. The zero-order valence-corrected chi connectivity index (χ0v) is 11.5. The highest BCUT2D eigenvalue weighted by atomic mass is 16.5. The summed E-state index contributed by atoms with van der Waals surface area (Å²) >= 11 is 0. The second-order valence-electron chi connectivity index (χ2n) is 4.95. The molecule has 2 nitrogen and oxygen atoms in total. The van der Waals surface area contributed by atoms with Gasteiger partial charge in [-0.15, -0.1) is 0 Å². The molecule has 0 spiro atoms. The molecule has 0 heterocycles. The molecule has 0 fully saturated rings. The summed E-state index contributed by atoms with van der Waals surface area (Å²) in [5, 5.41) is 0. The van der Waals surface area contributed by atoms with Gasteiger partial charge in [0.05, 0.1) is 0 Å². The maximum absolute atomic E-state index is 11.6. The normalized spacial score (nSPS) is 12.1. The van der Waals surface area contributed by atoms with Crippen molar-refractivity contribution in [1.82, 2.24) is 0 Å². The molecule has 0 aliphatic heterocycles. The van der Waals surface area contributed by atoms with Crippen LogP contribution in [0.4, 0.5) is 0 Å². The molecule has 0 aliphatic carbocycles. The molecule has 2 heteroatoms. The Kier molecular flexibility index (Phi) is 7.16. The van der Waals surface area contributed by atoms with Gasteiger partial charge >= 0.3 is 5.97 Å². The predicted octanol–water partition coefficient (Wildman–Crippen LogP) is 4.34. The number of hydrogen-bond acceptors (Lipinski definition) is 2. The zero-order chi connectivity index (χ0) is 13.2. The summed E-state index contributed by atoms with van der Waals surface area (Å²) in [5.74, 6) is 0.350. The van der Waals surface area contributed by atoms with Crippen molar-refractivity contribution < 1.29 is 9.53 Å². The van der Waals surface area contributed by atoms with Crippen LogP contribution < -0.4 is 0 Å². The number of unbranched alkanes of at least 4 members (excludes halogenated alkanes) is 2. The lowest BCUT2D eigenvalue weighted by Gasteiger charge is -2.10. The largest absolute Gasteiger partial charge is 0.461 e. The van der Waals surface area contributed by atoms with Gasteiger partial charge in [-0.2, -0.15) is 0 Å². The third-order valence-electron chi connectivity index (χ3n) is 3.06. The lowest BCUT2D eigenvalue weighted by atomic mass is 10.0. The Bertz CT molecular complexity index is 332. The van der Waals surface area contributed by atoms with E-state index in [1.165, 1.54) is 19.3 Å². The van der Waals surface area contributed by atoms with Crippen LogP contribution in [-0.2, 0) is 16.1 Å². The summed E-state index contributed by atoms with van der Waals surface area (Å²) in [6.45, 7) is 4.71. The van der Waals surface area contributed by atoms with Crippen LogP contribution in [0.15, 0.2) is 30.3 Å². The first-order valence-electron chi connectivity index (χ1n) is 6.92. The summed E-state index contributed by atoms with van der Waals surface area (Å²) in [6, 6.07) is 9.81. The smallest absolute Gasteiger partial charge is 0.306 e. The number of esters is 1. The van der Waals surface area contributed by atoms with Gasteiger partial charge in [-0.05, 0) is 11.5 Å². The molecule has 0 unspecified atom stereocenters. The van der Waals surface area contributed by atoms with Crippen molar-refractivity contribution in [2.45, 2.75) is 52.6 Å². The number of carbonyl (C=O) groups is 1. The van der Waals surface area contributed by atoms with Crippen LogP contribution in [-0.4, -0.2) is 5.97 Å². The van der Waals surface area contributed by atoms with E-state index in [-0.39, 0.29) is 5.97 Å². The quantitative estimate of drug-likeness (QED) is 0.505. The van der Waals surface area contributed by atoms with Crippen molar-refractivity contribution in [2.75, 3.05) is 0 Å². The molecule has 0 aliphatic rings. The standard InChI is InChI=1S/C16H24O2/c1-3-4-6-9-14(2)12-16(17)18-13-15-10-7-5-8-11-15/h5,7-8,10-11,14H,3-4,6,9,12-13H2,1-2H3/t14-/m0/s1. The molecule has 0 amide bonds. The average molecular weight is 248 g/mol. The van der Waals surface area contributed by atoms with Crippen molar-refractivity contribution in [3.05, 3.63) is 35.9 Å². The Labute approximate surface area is 110 Å². The third-order valence-corrected chi connectivity index (χ3v) is 3.06. The molecule has 0 bridgehead atoms. The van der Waals surface area contributed by atoms with E-state index in [2.05, 4.69) is 13.8 Å². The topological polar surface area (TPSA) is 26.3 Å². The lowest BCUT2D eigenvalue weighted by molar-refractivity contribution is -0.146. The Morgan fingerprint density at radius 2 is 1.94 bits per heavy atom. The number of ether oxygens (including phenoxy) is 1. The SMILES string of the molecule is CCCCC[C@H](C)CC(=O)OCc1ccccc1. The minimum atomic E-state index is -0.0807. The number of carbonyl (C=O) groups excluding carboxylic acids is 1. The van der Waals surface area contributed by atoms with E-state index in [9.17, 15) is 4.79 Å². The first-order chi connectivity index (χ1) is 8.72. The number of benzene rings is 1. The molecule has 0 saturated carbocycles. The Balaban J connectivity index is 2.17. The van der Waals surface area contributed by atoms with Gasteiger partial charge < -0.3 is 4.74 Å². The molecule has 0 N–H and O–H groups in total. The van der Waals surface area contributed by atoms with Crippen molar-refractivity contribution in [2.24, 2.45) is 5.92 Å². The van der Waals surface area contributed by atoms with Gasteiger partial charge in [0.1, 0.15) is 6.61 Å². The summed E-state index contributed by atoms with van der Waals surface area (Å²) < 4.78 is 5.27. The Hall–Kier alpha value is -1.31. The Morgan fingerprint density at radius 1 is 1.22 bits per heavy atom. The van der Waals surface area contributed by atoms with E-state index in [1.807, 2.05) is 30.3 Å². The van der Waals surface area contributed by atoms with Gasteiger partial charge in [0.2, 0.25) is 0 Å². The fourth-order valence-electron chi connectivity index (χ4n) is 1.93. The van der Waals surface area contributed by atoms with E-state index in [0.29, 0.717) is 18.9 Å². The maximum atomic E-state index is 11.6. The van der Waals surface area contributed by atoms with Gasteiger partial charge in [-0.1, -0.05) is 69.9 Å². The van der Waals surface area contributed by atoms with Crippen LogP contribution in [0.3, 0.4) is 0 Å². The minimum Gasteiger partial charge on any atom is -0.461 e. The molecule has 0 radical (unpaired) electrons. The predicted molar refractivity (Wildman–Crippen MR) is 74.2 cm³/mol. The van der Waals surface area contributed by atoms with Crippen molar-refractivity contribution >= 4 is 5.97 Å². The van der Waals surface area contributed by atoms with Crippen LogP contribution in [0.25, 0.3) is 0 Å². The Morgan fingerprint density at radius 3 is 2.61 bits per heavy atom. The van der Waals surface area contributed by atoms with Crippen LogP contribution in [0.5, 0.6) is 0 Å². The van der Waals surface area contributed by atoms with Gasteiger partial charge in [-0.3, -0.25) is 4.79 Å². The molecule has 0 aromatic heterocycles. The summed E-state index contributed by atoms with van der Waals surface area (Å²) in [7, 11) is 0. The molecular formula is C16H24O2. The van der Waals surface area contributed by atoms with Crippen LogP contribution in [0.2, 0.25) is 0 Å². The summed E-state index contributed by atoms with van der Waals surface area (Å²) in [6.07, 6.45) is 5.35. The second kappa shape index (κ2) is 8.73. The second-order valence-corrected chi connectivity index (χ2v) is 4.95. The molecule has 1 atom stereocenters. The van der Waals surface area contributed by atoms with Crippen molar-refractivity contribution in [3.8, 4) is 0 Å². The highest BCUT2D eigenvalue weighted by Crippen LogP contribution is 2.14. The highest BCUT2D eigenvalue weighted by molar-refractivity contribution is 5.69. The molecule has 18 heavy (non-hydrogen) atoms. The molecule has 0 saturated heterocycles. The fourth-order valence-corrected chi connectivity index (χ4v) is 1.93. The zero-order valence-electron chi connectivity index (χ0n) is 11.5. The van der Waals surface area contributed by atoms with Crippen molar-refractivity contribution in [3.63, 3.8) is 0 Å². The van der Waals surface area contributed by atoms with Crippen LogP contribution in [0.1, 0.15) is 51.5 Å². The molecule has 100 valence electrons. The molecular weight excluding hydrogens is 224 g/mol. The summed E-state index contributed by atoms with van der Waals surface area (Å²) in [5.41, 5.74) is 1.05. The molecule has 1 aromatic carbocycles. The van der Waals surface area contributed by atoms with Gasteiger partial charge in [-0.25, -0.2) is 0 Å². The van der Waals surface area contributed by atoms with E-state index < -0.39 is 0 Å². The van der Waals surface area contributed by atoms with Crippen LogP contribution >= 0.6 is 0 Å². The fraction of sp³-hybridized carbons (Fsp3) is 0.562. The average Bonchev–Trinajstić information content (AvgIpc) is 2.38. The number of rotatable bonds is 8. The number of hydrogen-bond donors (Lipinski definition) is 0. The maximum Gasteiger partial charge on any atom is 0.306 e. The van der Waals surface area contributed by atoms with E-state index >= 15 is 0 Å². The van der Waals surface area contributed by atoms with Crippen LogP contribution in [0, 0.1) is 5.92 Å². The first-order valence-corrected chi connectivity index (χ1v) is 6.92. The highest BCUT2D eigenvalue weighted by Gasteiger charge is 2.10. The lowest BCUT2D eigenvalue weighted by Crippen LogP contribution is -2.09. The van der Waals surface area contributed by atoms with E-state index in [4.69, 9.17) is 4.74 Å². The van der Waals surface area contributed by atoms with E-state index in [1.54, 1.807) is 0 Å². The minimum absolute atomic E-state index is 0.0807. The van der Waals surface area contributed by atoms with E-state index in [0.717, 1.165) is 12.0 Å².